The van der Waals surface area contributed by atoms with Gasteiger partial charge in [-0.3, -0.25) is 0 Å². The summed E-state index contributed by atoms with van der Waals surface area (Å²) in [5.41, 5.74) is 11.4. The van der Waals surface area contributed by atoms with Crippen molar-refractivity contribution in [3.8, 4) is 16.5 Å². The molecule has 0 amide bonds. The van der Waals surface area contributed by atoms with E-state index in [1.807, 2.05) is 0 Å². The molecule has 19 heavy (non-hydrogen) atoms. The lowest BCUT2D eigenvalue weighted by Crippen LogP contribution is -1.92. The number of hydrogen-bond acceptors (Lipinski definition) is 4. The van der Waals surface area contributed by atoms with Gasteiger partial charge in [-0.1, -0.05) is 19.1 Å². The zero-order valence-corrected chi connectivity index (χ0v) is 11.5. The summed E-state index contributed by atoms with van der Waals surface area (Å²) in [7, 11) is 0. The second kappa shape index (κ2) is 4.69. The molecule has 1 aliphatic rings. The summed E-state index contributed by atoms with van der Waals surface area (Å²) >= 11 is 1.48. The highest BCUT2D eigenvalue weighted by Crippen LogP contribution is 2.39. The van der Waals surface area contributed by atoms with Crippen LogP contribution in [-0.2, 0) is 24.4 Å². The zero-order chi connectivity index (χ0) is 13.4. The van der Waals surface area contributed by atoms with Gasteiger partial charge in [-0.05, 0) is 34.7 Å². The number of fused-ring (bicyclic) bond motifs is 1. The first-order valence-electron chi connectivity index (χ1n) is 6.25. The van der Waals surface area contributed by atoms with Gasteiger partial charge in [-0.15, -0.1) is 11.3 Å². The van der Waals surface area contributed by atoms with Gasteiger partial charge < -0.3 is 10.5 Å². The molecule has 0 aliphatic carbocycles. The van der Waals surface area contributed by atoms with Crippen LogP contribution in [0.15, 0.2) is 18.2 Å². The van der Waals surface area contributed by atoms with Gasteiger partial charge >= 0.3 is 0 Å². The third-order valence-corrected chi connectivity index (χ3v) is 4.69. The monoisotopic (exact) mass is 270 g/mol. The molecule has 1 aliphatic heterocycles. The maximum absolute atomic E-state index is 9.11. The predicted molar refractivity (Wildman–Crippen MR) is 76.8 cm³/mol. The maximum Gasteiger partial charge on any atom is 0.128 e. The van der Waals surface area contributed by atoms with E-state index in [4.69, 9.17) is 15.7 Å². The zero-order valence-electron chi connectivity index (χ0n) is 10.7. The molecule has 0 atom stereocenters. The Labute approximate surface area is 116 Å². The SMILES string of the molecule is CCc1c(-c2ccc3c(c2)COC3)sc(C#N)c1N. The Kier molecular flexibility index (Phi) is 3.02. The largest absolute Gasteiger partial charge is 0.397 e. The average molecular weight is 270 g/mol. The van der Waals surface area contributed by atoms with Crippen LogP contribution in [0.1, 0.15) is 28.5 Å². The van der Waals surface area contributed by atoms with Gasteiger partial charge in [0.2, 0.25) is 0 Å². The van der Waals surface area contributed by atoms with Crippen molar-refractivity contribution >= 4 is 17.0 Å². The van der Waals surface area contributed by atoms with Crippen LogP contribution in [0, 0.1) is 11.3 Å². The van der Waals surface area contributed by atoms with E-state index in [0.717, 1.165) is 22.4 Å². The summed E-state index contributed by atoms with van der Waals surface area (Å²) in [5.74, 6) is 0. The predicted octanol–water partition coefficient (Wildman–Crippen LogP) is 3.46. The lowest BCUT2D eigenvalue weighted by Gasteiger charge is -2.05. The van der Waals surface area contributed by atoms with E-state index in [-0.39, 0.29) is 0 Å². The average Bonchev–Trinajstić information content (AvgIpc) is 3.01. The fraction of sp³-hybridized carbons (Fsp3) is 0.267. The highest BCUT2D eigenvalue weighted by Gasteiger charge is 2.18. The first kappa shape index (κ1) is 12.2. The van der Waals surface area contributed by atoms with Gasteiger partial charge in [0.1, 0.15) is 10.9 Å². The minimum atomic E-state index is 0.614. The normalized spacial score (nSPS) is 13.3. The number of ether oxygens (including phenoxy) is 1. The van der Waals surface area contributed by atoms with Gasteiger partial charge in [0.15, 0.2) is 0 Å². The van der Waals surface area contributed by atoms with E-state index in [1.54, 1.807) is 0 Å². The van der Waals surface area contributed by atoms with Crippen LogP contribution in [0.25, 0.3) is 10.4 Å². The van der Waals surface area contributed by atoms with Gasteiger partial charge in [0.25, 0.3) is 0 Å². The molecule has 3 rings (SSSR count). The third-order valence-electron chi connectivity index (χ3n) is 3.49. The lowest BCUT2D eigenvalue weighted by atomic mass is 10.0. The Balaban J connectivity index is 2.14. The van der Waals surface area contributed by atoms with Crippen molar-refractivity contribution in [3.05, 3.63) is 39.8 Å². The van der Waals surface area contributed by atoms with Crippen molar-refractivity contribution in [2.45, 2.75) is 26.6 Å². The van der Waals surface area contributed by atoms with Crippen molar-refractivity contribution in [2.24, 2.45) is 0 Å². The van der Waals surface area contributed by atoms with Gasteiger partial charge in [-0.25, -0.2) is 0 Å². The number of nitrogen functional groups attached to an aromatic ring is 1. The van der Waals surface area contributed by atoms with Crippen molar-refractivity contribution in [1.29, 1.82) is 5.26 Å². The van der Waals surface area contributed by atoms with Crippen molar-refractivity contribution in [2.75, 3.05) is 5.73 Å². The molecule has 0 spiro atoms. The Morgan fingerprint density at radius 2 is 2.16 bits per heavy atom. The van der Waals surface area contributed by atoms with E-state index in [1.165, 1.54) is 22.5 Å². The number of nitrogens with zero attached hydrogens (tertiary/aromatic N) is 1. The van der Waals surface area contributed by atoms with Crippen LogP contribution in [0.5, 0.6) is 0 Å². The molecule has 96 valence electrons. The molecule has 0 fully saturated rings. The fourth-order valence-electron chi connectivity index (χ4n) is 2.46. The minimum absolute atomic E-state index is 0.614. The third kappa shape index (κ3) is 1.92. The van der Waals surface area contributed by atoms with Crippen molar-refractivity contribution in [1.82, 2.24) is 0 Å². The molecule has 0 unspecified atom stereocenters. The molecule has 2 aromatic rings. The van der Waals surface area contributed by atoms with Crippen molar-refractivity contribution < 1.29 is 4.74 Å². The van der Waals surface area contributed by atoms with E-state index in [2.05, 4.69) is 31.2 Å². The summed E-state index contributed by atoms with van der Waals surface area (Å²) in [6.07, 6.45) is 0.840. The Bertz CT molecular complexity index is 682. The number of hydrogen-bond donors (Lipinski definition) is 1. The Morgan fingerprint density at radius 3 is 2.89 bits per heavy atom. The van der Waals surface area contributed by atoms with Crippen LogP contribution in [0.4, 0.5) is 5.69 Å². The van der Waals surface area contributed by atoms with Crippen LogP contribution in [-0.4, -0.2) is 0 Å². The first-order valence-corrected chi connectivity index (χ1v) is 7.07. The standard InChI is InChI=1S/C15H14N2OS/c1-2-12-14(17)13(6-16)19-15(12)9-3-4-10-7-18-8-11(10)5-9/h3-5H,2,7-8,17H2,1H3. The number of anilines is 1. The molecule has 2 N–H and O–H groups in total. The van der Waals surface area contributed by atoms with E-state index in [0.29, 0.717) is 23.8 Å². The lowest BCUT2D eigenvalue weighted by molar-refractivity contribution is 0.134. The molecular weight excluding hydrogens is 256 g/mol. The van der Waals surface area contributed by atoms with Gasteiger partial charge in [-0.2, -0.15) is 5.26 Å². The van der Waals surface area contributed by atoms with E-state index in [9.17, 15) is 0 Å². The smallest absolute Gasteiger partial charge is 0.128 e. The molecule has 2 heterocycles. The summed E-state index contributed by atoms with van der Waals surface area (Å²) in [5, 5.41) is 9.11. The van der Waals surface area contributed by atoms with Crippen LogP contribution in [0.2, 0.25) is 0 Å². The number of nitrogens with two attached hydrogens (primary N) is 1. The quantitative estimate of drug-likeness (QED) is 0.909. The van der Waals surface area contributed by atoms with Crippen LogP contribution >= 0.6 is 11.3 Å². The second-order valence-electron chi connectivity index (χ2n) is 4.59. The maximum atomic E-state index is 9.11. The fourth-order valence-corrected chi connectivity index (χ4v) is 3.56. The molecule has 0 radical (unpaired) electrons. The highest BCUT2D eigenvalue weighted by atomic mass is 32.1. The topological polar surface area (TPSA) is 59.0 Å². The van der Waals surface area contributed by atoms with Crippen LogP contribution in [0.3, 0.4) is 0 Å². The number of nitriles is 1. The highest BCUT2D eigenvalue weighted by molar-refractivity contribution is 7.16. The Hall–Kier alpha value is -1.83. The molecule has 4 heteroatoms. The molecule has 3 nitrogen and oxygen atoms in total. The molecule has 1 aromatic heterocycles. The molecule has 0 saturated heterocycles. The summed E-state index contributed by atoms with van der Waals surface area (Å²) < 4.78 is 5.44. The number of thiophene rings is 1. The molecule has 1 aromatic carbocycles. The second-order valence-corrected chi connectivity index (χ2v) is 5.61. The molecule has 0 bridgehead atoms. The number of benzene rings is 1. The minimum Gasteiger partial charge on any atom is -0.397 e. The summed E-state index contributed by atoms with van der Waals surface area (Å²) in [4.78, 5) is 1.73. The first-order chi connectivity index (χ1) is 9.24. The van der Waals surface area contributed by atoms with E-state index >= 15 is 0 Å². The summed E-state index contributed by atoms with van der Waals surface area (Å²) in [6.45, 7) is 3.45. The van der Waals surface area contributed by atoms with E-state index < -0.39 is 0 Å². The van der Waals surface area contributed by atoms with Gasteiger partial charge in [0.05, 0.1) is 18.9 Å². The molecular formula is C15H14N2OS. The summed E-state index contributed by atoms with van der Waals surface area (Å²) in [6, 6.07) is 8.55. The van der Waals surface area contributed by atoms with Crippen LogP contribution < -0.4 is 5.73 Å². The number of rotatable bonds is 2. The molecule has 0 saturated carbocycles. The van der Waals surface area contributed by atoms with Crippen molar-refractivity contribution in [3.63, 3.8) is 0 Å². The van der Waals surface area contributed by atoms with Gasteiger partial charge in [0, 0.05) is 4.88 Å². The Morgan fingerprint density at radius 1 is 1.37 bits per heavy atom.